The highest BCUT2D eigenvalue weighted by Crippen LogP contribution is 2.30. The number of rotatable bonds is 4. The molecule has 0 fully saturated rings. The van der Waals surface area contributed by atoms with Crippen LogP contribution in [0.3, 0.4) is 0 Å². The Kier molecular flexibility index (Phi) is 5.94. The number of aliphatic imine (C=N–C) groups is 1. The van der Waals surface area contributed by atoms with E-state index in [2.05, 4.69) is 26.2 Å². The molecule has 2 aromatic rings. The van der Waals surface area contributed by atoms with E-state index in [4.69, 9.17) is 16.3 Å². The number of ether oxygens (including phenoxy) is 1. The van der Waals surface area contributed by atoms with Gasteiger partial charge in [-0.1, -0.05) is 45.7 Å². The normalized spacial score (nSPS) is 16.3. The lowest BCUT2D eigenvalue weighted by Crippen LogP contribution is -2.34. The number of benzene rings is 2. The molecule has 1 aliphatic heterocycles. The molecule has 1 amide bonds. The molecule has 0 bridgehead atoms. The van der Waals surface area contributed by atoms with E-state index >= 15 is 0 Å². The van der Waals surface area contributed by atoms with E-state index in [9.17, 15) is 9.59 Å². The first-order valence-corrected chi connectivity index (χ1v) is 9.30. The van der Waals surface area contributed by atoms with Crippen LogP contribution in [0.2, 0.25) is 5.02 Å². The summed E-state index contributed by atoms with van der Waals surface area (Å²) < 4.78 is 6.13. The minimum absolute atomic E-state index is 0.0409. The van der Waals surface area contributed by atoms with Gasteiger partial charge in [0.15, 0.2) is 0 Å². The van der Waals surface area contributed by atoms with Gasteiger partial charge in [-0.25, -0.2) is 4.99 Å². The van der Waals surface area contributed by atoms with Gasteiger partial charge in [-0.05, 0) is 38.4 Å². The molecule has 1 atom stereocenters. The van der Waals surface area contributed by atoms with Gasteiger partial charge in [0.25, 0.3) is 12.1 Å². The highest BCUT2D eigenvalue weighted by molar-refractivity contribution is 9.10. The minimum atomic E-state index is -1.31. The van der Waals surface area contributed by atoms with Crippen LogP contribution in [0.1, 0.15) is 11.1 Å². The van der Waals surface area contributed by atoms with E-state index in [-0.39, 0.29) is 6.54 Å². The van der Waals surface area contributed by atoms with Crippen molar-refractivity contribution in [3.05, 3.63) is 63.1 Å². The lowest BCUT2D eigenvalue weighted by molar-refractivity contribution is -0.154. The van der Waals surface area contributed by atoms with Gasteiger partial charge in [-0.15, -0.1) is 0 Å². The van der Waals surface area contributed by atoms with Crippen molar-refractivity contribution in [2.75, 3.05) is 26.0 Å². The molecule has 0 aromatic heterocycles. The Bertz CT molecular complexity index is 930. The molecule has 140 valence electrons. The van der Waals surface area contributed by atoms with Crippen molar-refractivity contribution in [1.82, 2.24) is 4.90 Å². The number of likely N-dealkylation sites (N-methyl/N-ethyl adjacent to an activating group) is 1. The summed E-state index contributed by atoms with van der Waals surface area (Å²) in [4.78, 5) is 30.8. The van der Waals surface area contributed by atoms with E-state index in [1.165, 1.54) is 0 Å². The number of carbonyl (C=O) groups is 2. The molecule has 1 N–H and O–H groups in total. The molecule has 8 heteroatoms. The highest BCUT2D eigenvalue weighted by Gasteiger charge is 2.29. The smallest absolute Gasteiger partial charge is 0.322 e. The van der Waals surface area contributed by atoms with Crippen molar-refractivity contribution in [3.63, 3.8) is 0 Å². The molecule has 1 heterocycles. The molecule has 0 saturated carbocycles. The average molecular weight is 451 g/mol. The van der Waals surface area contributed by atoms with Crippen LogP contribution < -0.4 is 5.32 Å². The van der Waals surface area contributed by atoms with Crippen LogP contribution in [-0.4, -0.2) is 49.4 Å². The van der Waals surface area contributed by atoms with Crippen molar-refractivity contribution in [2.45, 2.75) is 6.23 Å². The molecule has 1 aliphatic rings. The Balaban J connectivity index is 2.10. The van der Waals surface area contributed by atoms with Gasteiger partial charge >= 0.3 is 5.97 Å². The third-order valence-electron chi connectivity index (χ3n) is 3.78. The van der Waals surface area contributed by atoms with Crippen LogP contribution in [0.4, 0.5) is 5.69 Å². The first kappa shape index (κ1) is 19.5. The topological polar surface area (TPSA) is 71.0 Å². The molecule has 2 aromatic carbocycles. The summed E-state index contributed by atoms with van der Waals surface area (Å²) in [5.41, 5.74) is 2.35. The Morgan fingerprint density at radius 2 is 2.00 bits per heavy atom. The second-order valence-corrected chi connectivity index (χ2v) is 7.54. The predicted molar refractivity (Wildman–Crippen MR) is 108 cm³/mol. The maximum atomic E-state index is 12.6. The zero-order valence-electron chi connectivity index (χ0n) is 14.7. The van der Waals surface area contributed by atoms with Gasteiger partial charge in [-0.2, -0.15) is 0 Å². The summed E-state index contributed by atoms with van der Waals surface area (Å²) in [6, 6.07) is 12.6. The number of hydrogen-bond acceptors (Lipinski definition) is 5. The summed E-state index contributed by atoms with van der Waals surface area (Å²) >= 11 is 9.80. The molecule has 0 saturated heterocycles. The largest absolute Gasteiger partial charge is 0.429 e. The maximum Gasteiger partial charge on any atom is 0.322 e. The fourth-order valence-electron chi connectivity index (χ4n) is 2.63. The van der Waals surface area contributed by atoms with Crippen LogP contribution in [-0.2, 0) is 14.3 Å². The Morgan fingerprint density at radius 3 is 2.70 bits per heavy atom. The summed E-state index contributed by atoms with van der Waals surface area (Å²) in [6.07, 6.45) is -1.31. The lowest BCUT2D eigenvalue weighted by atomic mass is 10.0. The van der Waals surface area contributed by atoms with Gasteiger partial charge < -0.3 is 10.1 Å². The fraction of sp³-hybridized carbons (Fsp3) is 0.211. The molecular formula is C19H17BrClN3O3. The number of esters is 1. The maximum absolute atomic E-state index is 12.6. The minimum Gasteiger partial charge on any atom is -0.429 e. The highest BCUT2D eigenvalue weighted by atomic mass is 79.9. The average Bonchev–Trinajstić information content (AvgIpc) is 2.72. The quantitative estimate of drug-likeness (QED) is 0.726. The number of halogens is 2. The molecular weight excluding hydrogens is 434 g/mol. The number of amides is 1. The first-order valence-electron chi connectivity index (χ1n) is 8.13. The zero-order chi connectivity index (χ0) is 19.6. The molecule has 3 rings (SSSR count). The van der Waals surface area contributed by atoms with E-state index < -0.39 is 18.1 Å². The Hall–Kier alpha value is -2.22. The second-order valence-electron chi connectivity index (χ2n) is 6.22. The van der Waals surface area contributed by atoms with Crippen LogP contribution >= 0.6 is 27.5 Å². The molecule has 6 nitrogen and oxygen atoms in total. The molecule has 27 heavy (non-hydrogen) atoms. The fourth-order valence-corrected chi connectivity index (χ4v) is 3.22. The van der Waals surface area contributed by atoms with Crippen LogP contribution in [0.5, 0.6) is 0 Å². The number of nitrogens with zero attached hydrogens (tertiary/aromatic N) is 2. The van der Waals surface area contributed by atoms with E-state index in [0.29, 0.717) is 27.5 Å². The summed E-state index contributed by atoms with van der Waals surface area (Å²) in [6.45, 7) is 0.0409. The van der Waals surface area contributed by atoms with Gasteiger partial charge in [0.1, 0.15) is 0 Å². The van der Waals surface area contributed by atoms with Crippen LogP contribution in [0, 0.1) is 0 Å². The van der Waals surface area contributed by atoms with Crippen molar-refractivity contribution in [3.8, 4) is 0 Å². The van der Waals surface area contributed by atoms with E-state index in [1.807, 2.05) is 24.3 Å². The summed E-state index contributed by atoms with van der Waals surface area (Å²) in [7, 11) is 3.47. The van der Waals surface area contributed by atoms with Crippen molar-refractivity contribution in [2.24, 2.45) is 4.99 Å². The molecule has 0 spiro atoms. The van der Waals surface area contributed by atoms with Crippen molar-refractivity contribution in [1.29, 1.82) is 0 Å². The summed E-state index contributed by atoms with van der Waals surface area (Å²) in [5, 5.41) is 3.25. The number of benzodiazepines with no additional fused rings is 1. The Morgan fingerprint density at radius 1 is 1.26 bits per heavy atom. The second kappa shape index (κ2) is 8.21. The van der Waals surface area contributed by atoms with Crippen LogP contribution in [0.15, 0.2) is 51.9 Å². The SMILES string of the molecule is CN(C)CC(=O)O[C@@H]1N=C(c2ccccc2Cl)c2cc(Br)ccc2NC1=O. The van der Waals surface area contributed by atoms with E-state index in [1.54, 1.807) is 37.2 Å². The first-order chi connectivity index (χ1) is 12.8. The van der Waals surface area contributed by atoms with E-state index in [0.717, 1.165) is 4.47 Å². The molecule has 0 radical (unpaired) electrons. The molecule has 0 unspecified atom stereocenters. The number of carbonyl (C=O) groups excluding carboxylic acids is 2. The monoisotopic (exact) mass is 449 g/mol. The summed E-state index contributed by atoms with van der Waals surface area (Å²) in [5.74, 6) is -1.07. The number of fused-ring (bicyclic) bond motifs is 1. The van der Waals surface area contributed by atoms with Gasteiger partial charge in [-0.3, -0.25) is 14.5 Å². The standard InChI is InChI=1S/C19H17BrClN3O3/c1-24(2)10-16(25)27-19-18(26)22-15-8-7-11(20)9-13(15)17(23-19)12-5-3-4-6-14(12)21/h3-9,19H,10H2,1-2H3,(H,22,26)/t19-/m0/s1. The third kappa shape index (κ3) is 4.55. The lowest BCUT2D eigenvalue weighted by Gasteiger charge is -2.14. The van der Waals surface area contributed by atoms with Crippen molar-refractivity contribution < 1.29 is 14.3 Å². The van der Waals surface area contributed by atoms with Gasteiger partial charge in [0.05, 0.1) is 17.9 Å². The zero-order valence-corrected chi connectivity index (χ0v) is 17.0. The predicted octanol–water partition coefficient (Wildman–Crippen LogP) is 3.32. The number of anilines is 1. The van der Waals surface area contributed by atoms with Gasteiger partial charge in [0.2, 0.25) is 0 Å². The third-order valence-corrected chi connectivity index (χ3v) is 4.61. The Labute approximate surface area is 170 Å². The van der Waals surface area contributed by atoms with Crippen molar-refractivity contribution >= 4 is 50.8 Å². The van der Waals surface area contributed by atoms with Gasteiger partial charge in [0, 0.05) is 20.6 Å². The molecule has 0 aliphatic carbocycles. The number of hydrogen-bond donors (Lipinski definition) is 1. The number of nitrogens with one attached hydrogen (secondary N) is 1. The van der Waals surface area contributed by atoms with Crippen LogP contribution in [0.25, 0.3) is 0 Å².